The Morgan fingerprint density at radius 1 is 1.57 bits per heavy atom. The Hall–Kier alpha value is -1.28. The zero-order valence-electron chi connectivity index (χ0n) is 8.13. The van der Waals surface area contributed by atoms with Crippen molar-refractivity contribution in [2.24, 2.45) is 0 Å². The van der Waals surface area contributed by atoms with Gasteiger partial charge in [-0.15, -0.1) is 0 Å². The standard InChI is InChI=1S/C11H11ClN2/c1-3-7(2)10-6-14-11-9(10)4-8(12)5-13-11/h3-6H,1-2H3,(H,13,14). The highest BCUT2D eigenvalue weighted by atomic mass is 35.5. The van der Waals surface area contributed by atoms with Crippen LogP contribution in [0.25, 0.3) is 16.6 Å². The molecule has 0 unspecified atom stereocenters. The quantitative estimate of drug-likeness (QED) is 0.758. The molecule has 2 rings (SSSR count). The van der Waals surface area contributed by atoms with Gasteiger partial charge in [0.15, 0.2) is 0 Å². The maximum atomic E-state index is 5.90. The summed E-state index contributed by atoms with van der Waals surface area (Å²) in [6.45, 7) is 4.09. The monoisotopic (exact) mass is 206 g/mol. The average molecular weight is 207 g/mol. The third-order valence-electron chi connectivity index (χ3n) is 2.36. The molecule has 3 heteroatoms. The summed E-state index contributed by atoms with van der Waals surface area (Å²) in [6, 6.07) is 1.93. The number of allylic oxidation sites excluding steroid dienone is 2. The molecule has 0 atom stereocenters. The number of fused-ring (bicyclic) bond motifs is 1. The van der Waals surface area contributed by atoms with Crippen molar-refractivity contribution in [2.45, 2.75) is 13.8 Å². The van der Waals surface area contributed by atoms with E-state index in [4.69, 9.17) is 11.6 Å². The smallest absolute Gasteiger partial charge is 0.137 e. The summed E-state index contributed by atoms with van der Waals surface area (Å²) >= 11 is 5.90. The van der Waals surface area contributed by atoms with Gasteiger partial charge in [-0.3, -0.25) is 0 Å². The molecule has 0 aromatic carbocycles. The molecule has 0 saturated heterocycles. The Balaban J connectivity index is 2.73. The van der Waals surface area contributed by atoms with Gasteiger partial charge >= 0.3 is 0 Å². The van der Waals surface area contributed by atoms with Crippen LogP contribution in [0.15, 0.2) is 24.5 Å². The van der Waals surface area contributed by atoms with Gasteiger partial charge in [0.1, 0.15) is 5.65 Å². The lowest BCUT2D eigenvalue weighted by molar-refractivity contribution is 1.32. The van der Waals surface area contributed by atoms with Crippen molar-refractivity contribution in [2.75, 3.05) is 0 Å². The van der Waals surface area contributed by atoms with Crippen molar-refractivity contribution in [3.8, 4) is 0 Å². The van der Waals surface area contributed by atoms with Crippen LogP contribution in [0.5, 0.6) is 0 Å². The van der Waals surface area contributed by atoms with Crippen molar-refractivity contribution in [3.05, 3.63) is 35.1 Å². The Morgan fingerprint density at radius 2 is 2.36 bits per heavy atom. The fourth-order valence-electron chi connectivity index (χ4n) is 1.46. The summed E-state index contributed by atoms with van der Waals surface area (Å²) in [5.74, 6) is 0. The average Bonchev–Trinajstić information content (AvgIpc) is 2.59. The van der Waals surface area contributed by atoms with E-state index >= 15 is 0 Å². The molecule has 0 aliphatic rings. The number of aromatic nitrogens is 2. The SMILES string of the molecule is CC=C(C)c1c[nH]c2ncc(Cl)cc12. The van der Waals surface area contributed by atoms with Crippen molar-refractivity contribution in [3.63, 3.8) is 0 Å². The number of nitrogens with zero attached hydrogens (tertiary/aromatic N) is 1. The topological polar surface area (TPSA) is 28.7 Å². The van der Waals surface area contributed by atoms with Gasteiger partial charge in [0.05, 0.1) is 5.02 Å². The zero-order chi connectivity index (χ0) is 10.1. The summed E-state index contributed by atoms with van der Waals surface area (Å²) in [4.78, 5) is 7.32. The van der Waals surface area contributed by atoms with Crippen molar-refractivity contribution < 1.29 is 0 Å². The lowest BCUT2D eigenvalue weighted by atomic mass is 10.1. The van der Waals surface area contributed by atoms with Gasteiger partial charge in [-0.25, -0.2) is 4.98 Å². The van der Waals surface area contributed by atoms with E-state index in [1.54, 1.807) is 6.20 Å². The highest BCUT2D eigenvalue weighted by molar-refractivity contribution is 6.31. The van der Waals surface area contributed by atoms with Crippen molar-refractivity contribution in [1.82, 2.24) is 9.97 Å². The zero-order valence-corrected chi connectivity index (χ0v) is 8.89. The van der Waals surface area contributed by atoms with Gasteiger partial charge in [0, 0.05) is 23.3 Å². The number of hydrogen-bond acceptors (Lipinski definition) is 1. The van der Waals surface area contributed by atoms with E-state index in [1.807, 2.05) is 19.2 Å². The molecule has 0 spiro atoms. The second kappa shape index (κ2) is 3.46. The lowest BCUT2D eigenvalue weighted by Crippen LogP contribution is -1.78. The summed E-state index contributed by atoms with van der Waals surface area (Å²) in [6.07, 6.45) is 5.68. The number of H-pyrrole nitrogens is 1. The van der Waals surface area contributed by atoms with E-state index in [-0.39, 0.29) is 0 Å². The molecule has 0 amide bonds. The normalized spacial score (nSPS) is 12.4. The minimum atomic E-state index is 0.669. The van der Waals surface area contributed by atoms with E-state index in [0.717, 1.165) is 16.6 Å². The predicted molar refractivity (Wildman–Crippen MR) is 60.4 cm³/mol. The molecule has 1 N–H and O–H groups in total. The highest BCUT2D eigenvalue weighted by Gasteiger charge is 2.05. The van der Waals surface area contributed by atoms with E-state index in [2.05, 4.69) is 23.0 Å². The Kier molecular flexibility index (Phi) is 2.30. The van der Waals surface area contributed by atoms with Gasteiger partial charge in [-0.1, -0.05) is 17.7 Å². The molecule has 2 aromatic heterocycles. The first-order valence-corrected chi connectivity index (χ1v) is 4.86. The van der Waals surface area contributed by atoms with E-state index in [1.165, 1.54) is 5.57 Å². The van der Waals surface area contributed by atoms with Crippen LogP contribution < -0.4 is 0 Å². The van der Waals surface area contributed by atoms with Crippen LogP contribution in [0.2, 0.25) is 5.02 Å². The largest absolute Gasteiger partial charge is 0.346 e. The molecule has 0 aliphatic heterocycles. The minimum absolute atomic E-state index is 0.669. The fraction of sp³-hybridized carbons (Fsp3) is 0.182. The van der Waals surface area contributed by atoms with E-state index in [0.29, 0.717) is 5.02 Å². The molecule has 0 saturated carbocycles. The Morgan fingerprint density at radius 3 is 3.07 bits per heavy atom. The predicted octanol–water partition coefficient (Wildman–Crippen LogP) is 3.64. The first kappa shape index (κ1) is 9.28. The third-order valence-corrected chi connectivity index (χ3v) is 2.56. The summed E-state index contributed by atoms with van der Waals surface area (Å²) in [5, 5.41) is 1.75. The van der Waals surface area contributed by atoms with Crippen LogP contribution >= 0.6 is 11.6 Å². The van der Waals surface area contributed by atoms with E-state index < -0.39 is 0 Å². The van der Waals surface area contributed by atoms with Crippen LogP contribution in [0.4, 0.5) is 0 Å². The second-order valence-corrected chi connectivity index (χ2v) is 3.66. The molecule has 0 radical (unpaired) electrons. The fourth-order valence-corrected chi connectivity index (χ4v) is 1.62. The van der Waals surface area contributed by atoms with Crippen LogP contribution in [-0.2, 0) is 0 Å². The number of hydrogen-bond donors (Lipinski definition) is 1. The molecule has 0 fully saturated rings. The summed E-state index contributed by atoms with van der Waals surface area (Å²) in [7, 11) is 0. The van der Waals surface area contributed by atoms with Crippen LogP contribution in [0.3, 0.4) is 0 Å². The van der Waals surface area contributed by atoms with Gasteiger partial charge in [-0.05, 0) is 25.5 Å². The molecule has 2 heterocycles. The van der Waals surface area contributed by atoms with Crippen LogP contribution in [0.1, 0.15) is 19.4 Å². The molecule has 14 heavy (non-hydrogen) atoms. The van der Waals surface area contributed by atoms with Gasteiger partial charge < -0.3 is 4.98 Å². The van der Waals surface area contributed by atoms with Gasteiger partial charge in [-0.2, -0.15) is 0 Å². The van der Waals surface area contributed by atoms with Crippen LogP contribution in [-0.4, -0.2) is 9.97 Å². The first-order chi connectivity index (χ1) is 6.72. The number of rotatable bonds is 1. The Bertz CT molecular complexity index is 497. The second-order valence-electron chi connectivity index (χ2n) is 3.22. The molecule has 2 aromatic rings. The molecule has 0 aliphatic carbocycles. The number of aromatic amines is 1. The first-order valence-electron chi connectivity index (χ1n) is 4.48. The van der Waals surface area contributed by atoms with E-state index in [9.17, 15) is 0 Å². The maximum absolute atomic E-state index is 5.90. The van der Waals surface area contributed by atoms with Crippen molar-refractivity contribution in [1.29, 1.82) is 0 Å². The lowest BCUT2D eigenvalue weighted by Gasteiger charge is -1.97. The molecule has 2 nitrogen and oxygen atoms in total. The molecule has 0 bridgehead atoms. The number of nitrogens with one attached hydrogen (secondary N) is 1. The molecule has 72 valence electrons. The third kappa shape index (κ3) is 1.42. The maximum Gasteiger partial charge on any atom is 0.137 e. The number of halogens is 1. The minimum Gasteiger partial charge on any atom is -0.346 e. The number of pyridine rings is 1. The van der Waals surface area contributed by atoms with Crippen LogP contribution in [0, 0.1) is 0 Å². The van der Waals surface area contributed by atoms with Crippen molar-refractivity contribution >= 4 is 28.2 Å². The van der Waals surface area contributed by atoms with Gasteiger partial charge in [0.25, 0.3) is 0 Å². The van der Waals surface area contributed by atoms with Gasteiger partial charge in [0.2, 0.25) is 0 Å². The highest BCUT2D eigenvalue weighted by Crippen LogP contribution is 2.25. The molecular weight excluding hydrogens is 196 g/mol. The Labute approximate surface area is 87.6 Å². The summed E-state index contributed by atoms with van der Waals surface area (Å²) in [5.41, 5.74) is 3.27. The summed E-state index contributed by atoms with van der Waals surface area (Å²) < 4.78 is 0. The molecular formula is C11H11ClN2.